The summed E-state index contributed by atoms with van der Waals surface area (Å²) in [6, 6.07) is 7.37. The van der Waals surface area contributed by atoms with E-state index in [4.69, 9.17) is 20.9 Å². The maximum absolute atomic E-state index is 12.0. The molecule has 0 radical (unpaired) electrons. The van der Waals surface area contributed by atoms with E-state index in [1.54, 1.807) is 31.5 Å². The molecule has 0 aliphatic heterocycles. The monoisotopic (exact) mass is 390 g/mol. The number of aryl methyl sites for hydroxylation is 1. The molecule has 0 saturated heterocycles. The highest BCUT2D eigenvalue weighted by atomic mass is 35.5. The molecule has 26 heavy (non-hydrogen) atoms. The second-order valence-electron chi connectivity index (χ2n) is 5.11. The molecule has 0 bridgehead atoms. The molecule has 0 fully saturated rings. The Balaban J connectivity index is 1.78. The third kappa shape index (κ3) is 3.92. The molecule has 0 amide bonds. The highest BCUT2D eigenvalue weighted by Gasteiger charge is 2.24. The molecule has 0 saturated carbocycles. The molecule has 0 aliphatic rings. The molecule has 7 nitrogen and oxygen atoms in total. The smallest absolute Gasteiger partial charge is 0.361 e. The fraction of sp³-hybridized carbons (Fsp3) is 0.176. The summed E-state index contributed by atoms with van der Waals surface area (Å²) in [5, 5.41) is 10.9. The predicted octanol–water partition coefficient (Wildman–Crippen LogP) is 4.38. The minimum absolute atomic E-state index is 0.112. The van der Waals surface area contributed by atoms with Crippen LogP contribution in [0.4, 0.5) is 5.13 Å². The maximum atomic E-state index is 12.0. The lowest BCUT2D eigenvalue weighted by Gasteiger charge is -1.99. The predicted molar refractivity (Wildman–Crippen MR) is 101 cm³/mol. The Morgan fingerprint density at radius 1 is 1.46 bits per heavy atom. The third-order valence-electron chi connectivity index (χ3n) is 3.36. The van der Waals surface area contributed by atoms with Crippen LogP contribution in [0.5, 0.6) is 0 Å². The highest BCUT2D eigenvalue weighted by Crippen LogP contribution is 2.30. The Morgan fingerprint density at radius 3 is 3.04 bits per heavy atom. The number of hydrogen-bond donors (Lipinski definition) is 1. The fourth-order valence-corrected chi connectivity index (χ4v) is 3.02. The van der Waals surface area contributed by atoms with Crippen molar-refractivity contribution in [2.75, 3.05) is 12.0 Å². The number of thiazole rings is 1. The molecular weight excluding hydrogens is 376 g/mol. The van der Waals surface area contributed by atoms with Crippen LogP contribution < -0.4 is 5.43 Å². The molecule has 9 heteroatoms. The van der Waals surface area contributed by atoms with E-state index in [-0.39, 0.29) is 12.3 Å². The van der Waals surface area contributed by atoms with Gasteiger partial charge in [0.2, 0.25) is 10.8 Å². The summed E-state index contributed by atoms with van der Waals surface area (Å²) in [6.07, 6.45) is 1.61. The van der Waals surface area contributed by atoms with Gasteiger partial charge in [0.15, 0.2) is 0 Å². The normalized spacial score (nSPS) is 11.0. The van der Waals surface area contributed by atoms with Gasteiger partial charge in [0.1, 0.15) is 5.76 Å². The zero-order chi connectivity index (χ0) is 18.5. The first-order valence-electron chi connectivity index (χ1n) is 7.73. The highest BCUT2D eigenvalue weighted by molar-refractivity contribution is 7.14. The number of hydrazone groups is 1. The first kappa shape index (κ1) is 18.1. The van der Waals surface area contributed by atoms with Crippen molar-refractivity contribution in [3.05, 3.63) is 51.7 Å². The first-order chi connectivity index (χ1) is 12.6. The van der Waals surface area contributed by atoms with Crippen LogP contribution in [0.2, 0.25) is 5.02 Å². The summed E-state index contributed by atoms with van der Waals surface area (Å²) in [5.74, 6) is -0.0527. The topological polar surface area (TPSA) is 89.6 Å². The summed E-state index contributed by atoms with van der Waals surface area (Å²) in [4.78, 5) is 16.4. The van der Waals surface area contributed by atoms with Crippen LogP contribution in [0, 0.1) is 6.92 Å². The lowest BCUT2D eigenvalue weighted by molar-refractivity contribution is 0.0515. The molecule has 3 aromatic rings. The average molecular weight is 391 g/mol. The van der Waals surface area contributed by atoms with Gasteiger partial charge in [0.05, 0.1) is 24.1 Å². The SMILES string of the molecule is CCOC(=O)c1noc(C)c1-c1csc(N/N=C\c2ccccc2Cl)n1. The second kappa shape index (κ2) is 8.11. The molecule has 0 unspecified atom stereocenters. The van der Waals surface area contributed by atoms with Crippen LogP contribution in [0.3, 0.4) is 0 Å². The van der Waals surface area contributed by atoms with Crippen LogP contribution in [-0.2, 0) is 4.74 Å². The third-order valence-corrected chi connectivity index (χ3v) is 4.45. The number of hydrogen-bond acceptors (Lipinski definition) is 8. The standard InChI is InChI=1S/C17H15ClN4O3S/c1-3-24-16(23)15-14(10(2)25-22-15)13-9-26-17(20-13)21-19-8-11-6-4-5-7-12(11)18/h4-9H,3H2,1-2H3,(H,20,21)/b19-8-. The van der Waals surface area contributed by atoms with Crippen molar-refractivity contribution >= 4 is 40.3 Å². The summed E-state index contributed by atoms with van der Waals surface area (Å²) in [6.45, 7) is 3.70. The first-order valence-corrected chi connectivity index (χ1v) is 8.98. The number of nitrogens with one attached hydrogen (secondary N) is 1. The Hall–Kier alpha value is -2.71. The molecule has 0 aliphatic carbocycles. The molecule has 1 aromatic carbocycles. The number of carbonyl (C=O) groups excluding carboxylic acids is 1. The van der Waals surface area contributed by atoms with Crippen molar-refractivity contribution in [1.29, 1.82) is 0 Å². The van der Waals surface area contributed by atoms with Gasteiger partial charge in [-0.3, -0.25) is 5.43 Å². The Labute approximate surface area is 158 Å². The van der Waals surface area contributed by atoms with Crippen molar-refractivity contribution in [2.45, 2.75) is 13.8 Å². The minimum Gasteiger partial charge on any atom is -0.461 e. The van der Waals surface area contributed by atoms with E-state index in [0.717, 1.165) is 5.56 Å². The number of halogens is 1. The molecule has 2 aromatic heterocycles. The Morgan fingerprint density at radius 2 is 2.27 bits per heavy atom. The maximum Gasteiger partial charge on any atom is 0.361 e. The van der Waals surface area contributed by atoms with Crippen LogP contribution in [0.25, 0.3) is 11.3 Å². The van der Waals surface area contributed by atoms with E-state index in [2.05, 4.69) is 20.7 Å². The van der Waals surface area contributed by atoms with E-state index in [9.17, 15) is 4.79 Å². The largest absolute Gasteiger partial charge is 0.461 e. The number of esters is 1. The second-order valence-corrected chi connectivity index (χ2v) is 6.38. The van der Waals surface area contributed by atoms with E-state index in [1.807, 2.05) is 18.2 Å². The molecule has 0 atom stereocenters. The quantitative estimate of drug-likeness (QED) is 0.381. The number of anilines is 1. The van der Waals surface area contributed by atoms with Crippen molar-refractivity contribution < 1.29 is 14.1 Å². The van der Waals surface area contributed by atoms with Crippen molar-refractivity contribution in [3.63, 3.8) is 0 Å². The molecule has 134 valence electrons. The van der Waals surface area contributed by atoms with Crippen LogP contribution in [0.15, 0.2) is 39.3 Å². The van der Waals surface area contributed by atoms with E-state index in [1.165, 1.54) is 11.3 Å². The summed E-state index contributed by atoms with van der Waals surface area (Å²) >= 11 is 7.41. The van der Waals surface area contributed by atoms with Crippen LogP contribution in [-0.4, -0.2) is 28.9 Å². The van der Waals surface area contributed by atoms with Gasteiger partial charge in [0.25, 0.3) is 0 Å². The fourth-order valence-electron chi connectivity index (χ4n) is 2.19. The van der Waals surface area contributed by atoms with Crippen molar-refractivity contribution in [2.24, 2.45) is 5.10 Å². The van der Waals surface area contributed by atoms with Gasteiger partial charge in [-0.15, -0.1) is 11.3 Å². The van der Waals surface area contributed by atoms with E-state index < -0.39 is 5.97 Å². The van der Waals surface area contributed by atoms with Gasteiger partial charge in [-0.25, -0.2) is 9.78 Å². The zero-order valence-corrected chi connectivity index (χ0v) is 15.6. The summed E-state index contributed by atoms with van der Waals surface area (Å²) < 4.78 is 10.1. The van der Waals surface area contributed by atoms with Crippen LogP contribution >= 0.6 is 22.9 Å². The van der Waals surface area contributed by atoms with Gasteiger partial charge >= 0.3 is 5.97 Å². The summed E-state index contributed by atoms with van der Waals surface area (Å²) in [5.41, 5.74) is 4.83. The zero-order valence-electron chi connectivity index (χ0n) is 14.0. The molecule has 3 rings (SSSR count). The van der Waals surface area contributed by atoms with E-state index >= 15 is 0 Å². The Bertz CT molecular complexity index is 951. The van der Waals surface area contributed by atoms with Gasteiger partial charge in [-0.1, -0.05) is 35.0 Å². The number of carbonyl (C=O) groups is 1. The van der Waals surface area contributed by atoms with Gasteiger partial charge in [0, 0.05) is 16.0 Å². The number of rotatable bonds is 6. The average Bonchev–Trinajstić information content (AvgIpc) is 3.23. The molecular formula is C17H15ClN4O3S. The van der Waals surface area contributed by atoms with E-state index in [0.29, 0.717) is 27.2 Å². The Kier molecular flexibility index (Phi) is 5.65. The van der Waals surface area contributed by atoms with Crippen molar-refractivity contribution in [3.8, 4) is 11.3 Å². The van der Waals surface area contributed by atoms with Gasteiger partial charge in [-0.05, 0) is 19.9 Å². The number of benzene rings is 1. The van der Waals surface area contributed by atoms with Gasteiger partial charge < -0.3 is 9.26 Å². The number of nitrogens with zero attached hydrogens (tertiary/aromatic N) is 3. The number of aromatic nitrogens is 2. The van der Waals surface area contributed by atoms with Crippen LogP contribution in [0.1, 0.15) is 28.7 Å². The minimum atomic E-state index is -0.543. The van der Waals surface area contributed by atoms with Gasteiger partial charge in [-0.2, -0.15) is 5.10 Å². The molecule has 1 N–H and O–H groups in total. The lowest BCUT2D eigenvalue weighted by Crippen LogP contribution is -2.06. The molecule has 0 spiro atoms. The number of ether oxygens (including phenoxy) is 1. The van der Waals surface area contributed by atoms with Crippen molar-refractivity contribution in [1.82, 2.24) is 10.1 Å². The summed E-state index contributed by atoms with van der Waals surface area (Å²) in [7, 11) is 0. The molecule has 2 heterocycles. The lowest BCUT2D eigenvalue weighted by atomic mass is 10.1.